The second kappa shape index (κ2) is 4.78. The molecule has 3 N–H and O–H groups in total. The Labute approximate surface area is 124 Å². The molecule has 0 bridgehead atoms. The molecule has 0 saturated carbocycles. The van der Waals surface area contributed by atoms with Gasteiger partial charge in [0.25, 0.3) is 0 Å². The molecule has 2 heterocycles. The maximum Gasteiger partial charge on any atom is 0.157 e. The number of hydrogen-bond donors (Lipinski definition) is 2. The Morgan fingerprint density at radius 3 is 2.70 bits per heavy atom. The highest BCUT2D eigenvalue weighted by Gasteiger charge is 2.35. The molecule has 1 aliphatic rings. The van der Waals surface area contributed by atoms with E-state index in [4.69, 9.17) is 10.5 Å². The molecule has 106 valence electrons. The van der Waals surface area contributed by atoms with Gasteiger partial charge >= 0.3 is 0 Å². The molecule has 1 aliphatic heterocycles. The maximum absolute atomic E-state index is 11.1. The number of rotatable bonds is 3. The first kappa shape index (κ1) is 13.4. The number of nitrogens with two attached hydrogens (primary N) is 1. The van der Waals surface area contributed by atoms with Crippen LogP contribution in [0.1, 0.15) is 0 Å². The van der Waals surface area contributed by atoms with E-state index in [0.717, 1.165) is 15.6 Å². The molecule has 3 rings (SSSR count). The van der Waals surface area contributed by atoms with E-state index in [1.165, 1.54) is 0 Å². The van der Waals surface area contributed by atoms with Gasteiger partial charge in [0, 0.05) is 5.56 Å². The Hall–Kier alpha value is -1.54. The van der Waals surface area contributed by atoms with Crippen LogP contribution in [0.3, 0.4) is 0 Å². The summed E-state index contributed by atoms with van der Waals surface area (Å²) < 4.78 is 28.6. The van der Waals surface area contributed by atoms with Gasteiger partial charge in [-0.2, -0.15) is 5.10 Å². The predicted molar refractivity (Wildman–Crippen MR) is 79.2 cm³/mol. The molecule has 8 heteroatoms. The third kappa shape index (κ3) is 2.53. The lowest BCUT2D eigenvalue weighted by atomic mass is 10.1. The van der Waals surface area contributed by atoms with Crippen LogP contribution >= 0.6 is 15.9 Å². The van der Waals surface area contributed by atoms with Crippen LogP contribution in [0.4, 0.5) is 5.82 Å². The van der Waals surface area contributed by atoms with Crippen LogP contribution in [-0.2, 0) is 9.84 Å². The first-order chi connectivity index (χ1) is 9.44. The first-order valence-electron chi connectivity index (χ1n) is 5.90. The van der Waals surface area contributed by atoms with Crippen LogP contribution in [0.2, 0.25) is 0 Å². The van der Waals surface area contributed by atoms with Crippen molar-refractivity contribution in [2.75, 3.05) is 17.2 Å². The summed E-state index contributed by atoms with van der Waals surface area (Å²) in [5.74, 6) is 1.28. The van der Waals surface area contributed by atoms with Gasteiger partial charge in [-0.1, -0.05) is 6.07 Å². The Morgan fingerprint density at radius 2 is 2.15 bits per heavy atom. The summed E-state index contributed by atoms with van der Waals surface area (Å²) in [6.07, 6.45) is 1.39. The number of hydrogen-bond acceptors (Lipinski definition) is 5. The smallest absolute Gasteiger partial charge is 0.157 e. The number of anilines is 1. The standard InChI is InChI=1S/C12H12BrN3O3S/c13-10-3-7(9-4-15-16-12(9)14)1-2-11(10)19-8-5-20(17,18)6-8/h1-4,8H,5-6H2,(H3,14,15,16). The van der Waals surface area contributed by atoms with E-state index in [1.807, 2.05) is 12.1 Å². The SMILES string of the molecule is Nc1[nH]ncc1-c1ccc(OC2CS(=O)(=O)C2)c(Br)c1. The van der Waals surface area contributed by atoms with Crippen LogP contribution in [0, 0.1) is 0 Å². The summed E-state index contributed by atoms with van der Waals surface area (Å²) in [7, 11) is -2.88. The van der Waals surface area contributed by atoms with Crippen molar-refractivity contribution < 1.29 is 13.2 Å². The molecule has 0 radical (unpaired) electrons. The first-order valence-corrected chi connectivity index (χ1v) is 8.52. The van der Waals surface area contributed by atoms with Crippen LogP contribution in [0.5, 0.6) is 5.75 Å². The zero-order valence-corrected chi connectivity index (χ0v) is 12.7. The third-order valence-corrected chi connectivity index (χ3v) is 5.46. The molecule has 1 aromatic heterocycles. The number of nitrogens with zero attached hydrogens (tertiary/aromatic N) is 1. The van der Waals surface area contributed by atoms with E-state index in [0.29, 0.717) is 11.6 Å². The van der Waals surface area contributed by atoms with Crippen molar-refractivity contribution >= 4 is 31.6 Å². The number of ether oxygens (including phenoxy) is 1. The predicted octanol–water partition coefficient (Wildman–Crippen LogP) is 1.60. The van der Waals surface area contributed by atoms with Crippen LogP contribution in [0.25, 0.3) is 11.1 Å². The van der Waals surface area contributed by atoms with Gasteiger partial charge in [0.05, 0.1) is 22.2 Å². The molecule has 20 heavy (non-hydrogen) atoms. The summed E-state index contributed by atoms with van der Waals surface area (Å²) >= 11 is 3.42. The summed E-state index contributed by atoms with van der Waals surface area (Å²) in [4.78, 5) is 0. The maximum atomic E-state index is 11.1. The lowest BCUT2D eigenvalue weighted by Gasteiger charge is -2.27. The quantitative estimate of drug-likeness (QED) is 0.869. The van der Waals surface area contributed by atoms with Gasteiger partial charge in [0.2, 0.25) is 0 Å². The van der Waals surface area contributed by atoms with Crippen molar-refractivity contribution in [1.82, 2.24) is 10.2 Å². The Kier molecular flexibility index (Phi) is 3.21. The number of nitrogens with one attached hydrogen (secondary N) is 1. The number of nitrogen functional groups attached to an aromatic ring is 1. The summed E-state index contributed by atoms with van der Waals surface area (Å²) in [6.45, 7) is 0. The van der Waals surface area contributed by atoms with Crippen molar-refractivity contribution in [3.63, 3.8) is 0 Å². The molecular weight excluding hydrogens is 346 g/mol. The number of halogens is 1. The highest BCUT2D eigenvalue weighted by molar-refractivity contribution is 9.10. The number of H-pyrrole nitrogens is 1. The third-order valence-electron chi connectivity index (χ3n) is 3.08. The number of aromatic nitrogens is 2. The summed E-state index contributed by atoms with van der Waals surface area (Å²) in [5, 5.41) is 6.55. The van der Waals surface area contributed by atoms with Crippen LogP contribution in [-0.4, -0.2) is 36.2 Å². The molecule has 1 fully saturated rings. The number of benzene rings is 1. The van der Waals surface area contributed by atoms with Crippen molar-refractivity contribution in [2.24, 2.45) is 0 Å². The van der Waals surface area contributed by atoms with Gasteiger partial charge in [0.1, 0.15) is 17.7 Å². The number of aromatic amines is 1. The highest BCUT2D eigenvalue weighted by atomic mass is 79.9. The van der Waals surface area contributed by atoms with E-state index in [-0.39, 0.29) is 17.6 Å². The normalized spacial score (nSPS) is 17.6. The Bertz CT molecular complexity index is 745. The lowest BCUT2D eigenvalue weighted by molar-refractivity contribution is 0.229. The lowest BCUT2D eigenvalue weighted by Crippen LogP contribution is -2.45. The molecule has 6 nitrogen and oxygen atoms in total. The monoisotopic (exact) mass is 357 g/mol. The number of sulfone groups is 1. The second-order valence-corrected chi connectivity index (χ2v) is 7.67. The van der Waals surface area contributed by atoms with Crippen molar-refractivity contribution in [3.8, 4) is 16.9 Å². The van der Waals surface area contributed by atoms with E-state index in [2.05, 4.69) is 26.1 Å². The van der Waals surface area contributed by atoms with Gasteiger partial charge < -0.3 is 10.5 Å². The zero-order valence-electron chi connectivity index (χ0n) is 10.3. The topological polar surface area (TPSA) is 98.1 Å². The fourth-order valence-corrected chi connectivity index (χ4v) is 3.70. The van der Waals surface area contributed by atoms with E-state index >= 15 is 0 Å². The van der Waals surface area contributed by atoms with Gasteiger partial charge in [0.15, 0.2) is 9.84 Å². The van der Waals surface area contributed by atoms with Crippen molar-refractivity contribution in [3.05, 3.63) is 28.9 Å². The molecule has 0 spiro atoms. The minimum absolute atomic E-state index is 0.0792. The van der Waals surface area contributed by atoms with Gasteiger partial charge in [-0.15, -0.1) is 0 Å². The molecule has 2 aromatic rings. The average molecular weight is 358 g/mol. The largest absolute Gasteiger partial charge is 0.487 e. The van der Waals surface area contributed by atoms with Gasteiger partial charge in [-0.05, 0) is 33.6 Å². The Morgan fingerprint density at radius 1 is 1.40 bits per heavy atom. The molecule has 0 aliphatic carbocycles. The fourth-order valence-electron chi connectivity index (χ4n) is 2.06. The summed E-state index contributed by atoms with van der Waals surface area (Å²) in [5.41, 5.74) is 7.48. The average Bonchev–Trinajstić information content (AvgIpc) is 2.76. The molecule has 0 amide bonds. The minimum Gasteiger partial charge on any atom is -0.487 e. The molecule has 0 unspecified atom stereocenters. The van der Waals surface area contributed by atoms with E-state index in [9.17, 15) is 8.42 Å². The highest BCUT2D eigenvalue weighted by Crippen LogP contribution is 2.33. The fraction of sp³-hybridized carbons (Fsp3) is 0.250. The Balaban J connectivity index is 1.80. The van der Waals surface area contributed by atoms with Crippen molar-refractivity contribution in [2.45, 2.75) is 6.10 Å². The van der Waals surface area contributed by atoms with Gasteiger partial charge in [-0.25, -0.2) is 8.42 Å². The minimum atomic E-state index is -2.88. The molecular formula is C12H12BrN3O3S. The summed E-state index contributed by atoms with van der Waals surface area (Å²) in [6, 6.07) is 5.51. The van der Waals surface area contributed by atoms with Crippen LogP contribution < -0.4 is 10.5 Å². The van der Waals surface area contributed by atoms with E-state index < -0.39 is 9.84 Å². The van der Waals surface area contributed by atoms with Crippen molar-refractivity contribution in [1.29, 1.82) is 0 Å². The van der Waals surface area contributed by atoms with Gasteiger partial charge in [-0.3, -0.25) is 5.10 Å². The van der Waals surface area contributed by atoms with E-state index in [1.54, 1.807) is 12.3 Å². The molecule has 0 atom stereocenters. The molecule has 1 saturated heterocycles. The van der Waals surface area contributed by atoms with Crippen LogP contribution in [0.15, 0.2) is 28.9 Å². The zero-order chi connectivity index (χ0) is 14.3. The molecule has 1 aromatic carbocycles. The second-order valence-electron chi connectivity index (χ2n) is 4.66.